The van der Waals surface area contributed by atoms with Crippen LogP contribution in [-0.4, -0.2) is 20.8 Å². The lowest BCUT2D eigenvalue weighted by atomic mass is 10.4. The maximum atomic E-state index is 5.61. The zero-order chi connectivity index (χ0) is 11.0. The molecule has 1 aliphatic carbocycles. The second-order valence-electron chi connectivity index (χ2n) is 4.15. The van der Waals surface area contributed by atoms with Crippen molar-refractivity contribution in [1.29, 1.82) is 0 Å². The molecular weight excluding hydrogens is 204 g/mol. The van der Waals surface area contributed by atoms with Gasteiger partial charge >= 0.3 is 0 Å². The summed E-state index contributed by atoms with van der Waals surface area (Å²) in [6, 6.07) is 2.59. The molecule has 1 fully saturated rings. The Hall–Kier alpha value is -1.62. The summed E-state index contributed by atoms with van der Waals surface area (Å²) in [6.45, 7) is 0.706. The van der Waals surface area contributed by atoms with Crippen LogP contribution >= 0.6 is 0 Å². The van der Waals surface area contributed by atoms with Crippen LogP contribution in [0.4, 0.5) is 0 Å². The number of oxazole rings is 1. The van der Waals surface area contributed by atoms with Crippen LogP contribution in [0.2, 0.25) is 0 Å². The summed E-state index contributed by atoms with van der Waals surface area (Å²) in [6.07, 6.45) is 6.16. The topological polar surface area (TPSA) is 55.9 Å². The van der Waals surface area contributed by atoms with Crippen molar-refractivity contribution in [3.8, 4) is 11.5 Å². The first-order valence-corrected chi connectivity index (χ1v) is 5.49. The Morgan fingerprint density at radius 3 is 3.12 bits per heavy atom. The highest BCUT2D eigenvalue weighted by atomic mass is 16.4. The molecule has 1 N–H and O–H groups in total. The van der Waals surface area contributed by atoms with Crippen LogP contribution in [0.1, 0.15) is 18.7 Å². The fraction of sp³-hybridized carbons (Fsp3) is 0.455. The van der Waals surface area contributed by atoms with Gasteiger partial charge in [0.05, 0.1) is 12.7 Å². The summed E-state index contributed by atoms with van der Waals surface area (Å²) in [5.41, 5.74) is 0.827. The van der Waals surface area contributed by atoms with Crippen LogP contribution in [0.5, 0.6) is 0 Å². The van der Waals surface area contributed by atoms with Crippen molar-refractivity contribution in [3.63, 3.8) is 0 Å². The van der Waals surface area contributed by atoms with Crippen molar-refractivity contribution >= 4 is 0 Å². The minimum absolute atomic E-state index is 0.671. The molecule has 2 heterocycles. The Labute approximate surface area is 93.5 Å². The molecule has 3 rings (SSSR count). The third-order valence-electron chi connectivity index (χ3n) is 2.64. The number of hydrogen-bond donors (Lipinski definition) is 1. The standard InChI is InChI=1S/C11H14N4O/c1-15-5-4-9(14-15)10-6-13-11(16-10)7-12-8-2-3-8/h4-6,8,12H,2-3,7H2,1H3. The third kappa shape index (κ3) is 1.99. The van der Waals surface area contributed by atoms with Gasteiger partial charge in [-0.3, -0.25) is 4.68 Å². The quantitative estimate of drug-likeness (QED) is 0.841. The molecule has 0 saturated heterocycles. The number of hydrogen-bond acceptors (Lipinski definition) is 4. The van der Waals surface area contributed by atoms with Crippen LogP contribution in [0, 0.1) is 0 Å². The van der Waals surface area contributed by atoms with Crippen molar-refractivity contribution < 1.29 is 4.42 Å². The van der Waals surface area contributed by atoms with Crippen LogP contribution in [0.25, 0.3) is 11.5 Å². The first-order chi connectivity index (χ1) is 7.81. The van der Waals surface area contributed by atoms with Gasteiger partial charge in [-0.15, -0.1) is 0 Å². The van der Waals surface area contributed by atoms with Crippen LogP contribution < -0.4 is 5.32 Å². The van der Waals surface area contributed by atoms with Gasteiger partial charge in [0.2, 0.25) is 5.89 Å². The van der Waals surface area contributed by atoms with Gasteiger partial charge in [-0.05, 0) is 18.9 Å². The lowest BCUT2D eigenvalue weighted by Crippen LogP contribution is -2.15. The molecule has 2 aromatic rings. The molecule has 0 bridgehead atoms. The lowest BCUT2D eigenvalue weighted by molar-refractivity contribution is 0.475. The third-order valence-corrected chi connectivity index (χ3v) is 2.64. The van der Waals surface area contributed by atoms with Crippen molar-refractivity contribution in [2.45, 2.75) is 25.4 Å². The SMILES string of the molecule is Cn1ccc(-c2cnc(CNC3CC3)o2)n1. The van der Waals surface area contributed by atoms with E-state index >= 15 is 0 Å². The molecule has 0 spiro atoms. The predicted octanol–water partition coefficient (Wildman–Crippen LogP) is 1.33. The van der Waals surface area contributed by atoms with E-state index in [2.05, 4.69) is 15.4 Å². The summed E-state index contributed by atoms with van der Waals surface area (Å²) in [7, 11) is 1.88. The molecule has 5 nitrogen and oxygen atoms in total. The number of aromatic nitrogens is 3. The van der Waals surface area contributed by atoms with Gasteiger partial charge in [-0.25, -0.2) is 4.98 Å². The molecule has 1 aliphatic rings. The summed E-state index contributed by atoms with van der Waals surface area (Å²) in [5, 5.41) is 7.63. The number of nitrogens with one attached hydrogen (secondary N) is 1. The van der Waals surface area contributed by atoms with Gasteiger partial charge in [-0.1, -0.05) is 0 Å². The van der Waals surface area contributed by atoms with E-state index in [-0.39, 0.29) is 0 Å². The van der Waals surface area contributed by atoms with Gasteiger partial charge < -0.3 is 9.73 Å². The van der Waals surface area contributed by atoms with Gasteiger partial charge in [0, 0.05) is 19.3 Å². The fourth-order valence-electron chi connectivity index (χ4n) is 1.58. The van der Waals surface area contributed by atoms with E-state index < -0.39 is 0 Å². The van der Waals surface area contributed by atoms with E-state index in [4.69, 9.17) is 4.42 Å². The molecule has 0 unspecified atom stereocenters. The Morgan fingerprint density at radius 1 is 1.56 bits per heavy atom. The monoisotopic (exact) mass is 218 g/mol. The first-order valence-electron chi connectivity index (χ1n) is 5.49. The molecule has 0 radical (unpaired) electrons. The van der Waals surface area contributed by atoms with E-state index in [0.29, 0.717) is 12.6 Å². The van der Waals surface area contributed by atoms with Crippen molar-refractivity contribution in [2.24, 2.45) is 7.05 Å². The normalized spacial score (nSPS) is 15.6. The van der Waals surface area contributed by atoms with E-state index in [9.17, 15) is 0 Å². The average molecular weight is 218 g/mol. The lowest BCUT2D eigenvalue weighted by Gasteiger charge is -1.96. The molecule has 2 aromatic heterocycles. The van der Waals surface area contributed by atoms with Crippen LogP contribution in [-0.2, 0) is 13.6 Å². The Kier molecular flexibility index (Phi) is 2.25. The highest BCUT2D eigenvalue weighted by Gasteiger charge is 2.21. The minimum Gasteiger partial charge on any atom is -0.438 e. The zero-order valence-corrected chi connectivity index (χ0v) is 9.18. The van der Waals surface area contributed by atoms with Crippen molar-refractivity contribution in [3.05, 3.63) is 24.4 Å². The summed E-state index contributed by atoms with van der Waals surface area (Å²) < 4.78 is 7.36. The predicted molar refractivity (Wildman–Crippen MR) is 58.6 cm³/mol. The number of nitrogens with zero attached hydrogens (tertiary/aromatic N) is 3. The minimum atomic E-state index is 0.671. The molecular formula is C11H14N4O. The second-order valence-corrected chi connectivity index (χ2v) is 4.15. The number of rotatable bonds is 4. The van der Waals surface area contributed by atoms with Gasteiger partial charge in [0.1, 0.15) is 5.69 Å². The Balaban J connectivity index is 1.71. The maximum Gasteiger partial charge on any atom is 0.208 e. The average Bonchev–Trinajstić information content (AvgIpc) is 2.81. The van der Waals surface area contributed by atoms with E-state index in [0.717, 1.165) is 17.3 Å². The molecule has 5 heteroatoms. The number of aryl methyl sites for hydroxylation is 1. The molecule has 16 heavy (non-hydrogen) atoms. The van der Waals surface area contributed by atoms with E-state index in [1.165, 1.54) is 12.8 Å². The Morgan fingerprint density at radius 2 is 2.44 bits per heavy atom. The summed E-state index contributed by atoms with van der Waals surface area (Å²) in [4.78, 5) is 4.22. The molecule has 0 atom stereocenters. The first kappa shape index (κ1) is 9.59. The molecule has 84 valence electrons. The smallest absolute Gasteiger partial charge is 0.208 e. The zero-order valence-electron chi connectivity index (χ0n) is 9.18. The summed E-state index contributed by atoms with van der Waals surface area (Å²) in [5.74, 6) is 1.46. The van der Waals surface area contributed by atoms with Gasteiger partial charge in [-0.2, -0.15) is 5.10 Å². The molecule has 1 saturated carbocycles. The highest BCUT2D eigenvalue weighted by molar-refractivity contribution is 5.49. The van der Waals surface area contributed by atoms with Crippen LogP contribution in [0.15, 0.2) is 22.9 Å². The van der Waals surface area contributed by atoms with Crippen LogP contribution in [0.3, 0.4) is 0 Å². The molecule has 0 amide bonds. The summed E-state index contributed by atoms with van der Waals surface area (Å²) >= 11 is 0. The Bertz CT molecular complexity index is 484. The largest absolute Gasteiger partial charge is 0.438 e. The maximum absolute atomic E-state index is 5.61. The van der Waals surface area contributed by atoms with E-state index in [1.54, 1.807) is 10.9 Å². The van der Waals surface area contributed by atoms with E-state index in [1.807, 2.05) is 19.3 Å². The van der Waals surface area contributed by atoms with Crippen molar-refractivity contribution in [2.75, 3.05) is 0 Å². The molecule has 0 aliphatic heterocycles. The van der Waals surface area contributed by atoms with Crippen molar-refractivity contribution in [1.82, 2.24) is 20.1 Å². The fourth-order valence-corrected chi connectivity index (χ4v) is 1.58. The van der Waals surface area contributed by atoms with Gasteiger partial charge in [0.25, 0.3) is 0 Å². The second kappa shape index (κ2) is 3.75. The highest BCUT2D eigenvalue weighted by Crippen LogP contribution is 2.21. The van der Waals surface area contributed by atoms with Gasteiger partial charge in [0.15, 0.2) is 5.76 Å². The molecule has 0 aromatic carbocycles.